The minimum atomic E-state index is -0.774. The zero-order chi connectivity index (χ0) is 21.7. The summed E-state index contributed by atoms with van der Waals surface area (Å²) in [6.07, 6.45) is -0.646. The normalized spacial score (nSPS) is 10.3. The Morgan fingerprint density at radius 2 is 1.97 bits per heavy atom. The number of anilines is 1. The van der Waals surface area contributed by atoms with Crippen LogP contribution in [-0.4, -0.2) is 23.8 Å². The van der Waals surface area contributed by atoms with Crippen molar-refractivity contribution in [1.82, 2.24) is 0 Å². The summed E-state index contributed by atoms with van der Waals surface area (Å²) in [5, 5.41) is 21.6. The Labute approximate surface area is 170 Å². The second kappa shape index (κ2) is 8.79. The molecular formula is C21H16N2O7. The second-order valence-corrected chi connectivity index (χ2v) is 6.10. The zero-order valence-electron chi connectivity index (χ0n) is 15.8. The van der Waals surface area contributed by atoms with Crippen molar-refractivity contribution in [2.75, 3.05) is 11.9 Å². The number of aromatic hydroxyl groups is 1. The van der Waals surface area contributed by atoms with Crippen molar-refractivity contribution >= 4 is 28.7 Å². The maximum absolute atomic E-state index is 12.3. The number of nitriles is 1. The van der Waals surface area contributed by atoms with Gasteiger partial charge in [-0.3, -0.25) is 5.32 Å². The highest BCUT2D eigenvalue weighted by atomic mass is 16.5. The first-order valence-electron chi connectivity index (χ1n) is 8.81. The number of amides is 1. The summed E-state index contributed by atoms with van der Waals surface area (Å²) in [5.74, 6) is -1.02. The van der Waals surface area contributed by atoms with Crippen LogP contribution in [0.1, 0.15) is 28.4 Å². The molecule has 0 aliphatic heterocycles. The quantitative estimate of drug-likeness (QED) is 0.484. The largest absolute Gasteiger partial charge is 0.508 e. The molecule has 3 rings (SSSR count). The molecule has 2 N–H and O–H groups in total. The van der Waals surface area contributed by atoms with Gasteiger partial charge in [0.2, 0.25) is 0 Å². The van der Waals surface area contributed by atoms with Gasteiger partial charge >= 0.3 is 17.7 Å². The molecule has 152 valence electrons. The summed E-state index contributed by atoms with van der Waals surface area (Å²) in [5.41, 5.74) is 0.382. The maximum Gasteiger partial charge on any atom is 0.411 e. The van der Waals surface area contributed by atoms with E-state index in [4.69, 9.17) is 19.2 Å². The molecule has 0 atom stereocenters. The number of fused-ring (bicyclic) bond motifs is 1. The number of esters is 1. The molecule has 30 heavy (non-hydrogen) atoms. The van der Waals surface area contributed by atoms with E-state index < -0.39 is 17.7 Å². The number of carbonyl (C=O) groups excluding carboxylic acids is 2. The molecule has 0 fully saturated rings. The predicted molar refractivity (Wildman–Crippen MR) is 105 cm³/mol. The van der Waals surface area contributed by atoms with Gasteiger partial charge in [0.15, 0.2) is 0 Å². The predicted octanol–water partition coefficient (Wildman–Crippen LogP) is 3.30. The van der Waals surface area contributed by atoms with Crippen molar-refractivity contribution in [3.63, 3.8) is 0 Å². The molecule has 0 spiro atoms. The molecular weight excluding hydrogens is 392 g/mol. The molecule has 0 radical (unpaired) electrons. The van der Waals surface area contributed by atoms with Crippen molar-refractivity contribution in [2.45, 2.75) is 13.5 Å². The summed E-state index contributed by atoms with van der Waals surface area (Å²) >= 11 is 0. The number of nitrogens with one attached hydrogen (secondary N) is 1. The number of benzene rings is 2. The Kier molecular flexibility index (Phi) is 5.98. The third-order valence-corrected chi connectivity index (χ3v) is 3.99. The average molecular weight is 408 g/mol. The standard InChI is InChI=1S/C21H16N2O7/c1-2-28-21(27)23-15-3-4-17-14(8-19(25)30-18(17)9-15)11-29-20(26)13-5-12(10-22)6-16(24)7-13/h3-9,24H,2,11H2,1H3,(H,23,27). The van der Waals surface area contributed by atoms with E-state index >= 15 is 0 Å². The van der Waals surface area contributed by atoms with Gasteiger partial charge in [-0.05, 0) is 37.3 Å². The first-order chi connectivity index (χ1) is 14.4. The highest BCUT2D eigenvalue weighted by molar-refractivity contribution is 5.91. The van der Waals surface area contributed by atoms with E-state index in [9.17, 15) is 19.5 Å². The lowest BCUT2D eigenvalue weighted by molar-refractivity contribution is 0.0473. The molecule has 1 heterocycles. The van der Waals surface area contributed by atoms with E-state index in [2.05, 4.69) is 5.32 Å². The highest BCUT2D eigenvalue weighted by Gasteiger charge is 2.13. The topological polar surface area (TPSA) is 139 Å². The number of hydrogen-bond acceptors (Lipinski definition) is 8. The van der Waals surface area contributed by atoms with Gasteiger partial charge in [-0.1, -0.05) is 0 Å². The third kappa shape index (κ3) is 4.74. The molecule has 0 unspecified atom stereocenters. The SMILES string of the molecule is CCOC(=O)Nc1ccc2c(COC(=O)c3cc(O)cc(C#N)c3)cc(=O)oc2c1. The average Bonchev–Trinajstić information content (AvgIpc) is 2.71. The molecule has 0 aliphatic rings. The van der Waals surface area contributed by atoms with Crippen LogP contribution in [0.4, 0.5) is 10.5 Å². The van der Waals surface area contributed by atoms with Crippen molar-refractivity contribution in [3.8, 4) is 11.8 Å². The van der Waals surface area contributed by atoms with E-state index in [1.54, 1.807) is 19.1 Å². The number of phenolic OH excluding ortho intramolecular Hbond substituents is 1. The van der Waals surface area contributed by atoms with Crippen molar-refractivity contribution < 1.29 is 28.6 Å². The number of rotatable bonds is 5. The molecule has 0 saturated carbocycles. The van der Waals surface area contributed by atoms with Gasteiger partial charge < -0.3 is 19.0 Å². The molecule has 9 heteroatoms. The number of ether oxygens (including phenoxy) is 2. The van der Waals surface area contributed by atoms with Gasteiger partial charge in [0, 0.05) is 28.8 Å². The zero-order valence-corrected chi connectivity index (χ0v) is 15.8. The highest BCUT2D eigenvalue weighted by Crippen LogP contribution is 2.23. The van der Waals surface area contributed by atoms with Crippen molar-refractivity contribution in [2.24, 2.45) is 0 Å². The lowest BCUT2D eigenvalue weighted by Crippen LogP contribution is -2.13. The first-order valence-corrected chi connectivity index (χ1v) is 8.81. The molecule has 1 aromatic heterocycles. The lowest BCUT2D eigenvalue weighted by atomic mass is 10.1. The first kappa shape index (κ1) is 20.4. The van der Waals surface area contributed by atoms with Crippen molar-refractivity contribution in [3.05, 3.63) is 69.6 Å². The van der Waals surface area contributed by atoms with Crippen LogP contribution in [-0.2, 0) is 16.1 Å². The van der Waals surface area contributed by atoms with E-state index in [-0.39, 0.29) is 35.7 Å². The summed E-state index contributed by atoms with van der Waals surface area (Å²) in [7, 11) is 0. The van der Waals surface area contributed by atoms with Crippen molar-refractivity contribution in [1.29, 1.82) is 5.26 Å². The summed E-state index contributed by atoms with van der Waals surface area (Å²) in [4.78, 5) is 35.7. The number of hydrogen-bond donors (Lipinski definition) is 2. The van der Waals surface area contributed by atoms with Gasteiger partial charge in [-0.25, -0.2) is 14.4 Å². The van der Waals surface area contributed by atoms with Crippen LogP contribution in [0.5, 0.6) is 5.75 Å². The minimum Gasteiger partial charge on any atom is -0.508 e. The van der Waals surface area contributed by atoms with Gasteiger partial charge in [0.25, 0.3) is 0 Å². The van der Waals surface area contributed by atoms with E-state index in [0.717, 1.165) is 0 Å². The summed E-state index contributed by atoms with van der Waals surface area (Å²) in [6.45, 7) is 1.63. The fourth-order valence-electron chi connectivity index (χ4n) is 2.73. The Morgan fingerprint density at radius 1 is 1.17 bits per heavy atom. The van der Waals surface area contributed by atoms with Crippen LogP contribution in [0.15, 0.2) is 51.7 Å². The third-order valence-electron chi connectivity index (χ3n) is 3.99. The molecule has 9 nitrogen and oxygen atoms in total. The van der Waals surface area contributed by atoms with Crippen LogP contribution >= 0.6 is 0 Å². The fraction of sp³-hybridized carbons (Fsp3) is 0.143. The van der Waals surface area contributed by atoms with Gasteiger partial charge in [-0.2, -0.15) is 5.26 Å². The van der Waals surface area contributed by atoms with Crippen LogP contribution in [0, 0.1) is 11.3 Å². The smallest absolute Gasteiger partial charge is 0.411 e. The lowest BCUT2D eigenvalue weighted by Gasteiger charge is -2.09. The number of phenols is 1. The molecule has 0 bridgehead atoms. The van der Waals surface area contributed by atoms with E-state index in [1.165, 1.54) is 30.3 Å². The van der Waals surface area contributed by atoms with Gasteiger partial charge in [-0.15, -0.1) is 0 Å². The number of carbonyl (C=O) groups is 2. The van der Waals surface area contributed by atoms with Crippen LogP contribution in [0.2, 0.25) is 0 Å². The molecule has 0 saturated heterocycles. The second-order valence-electron chi connectivity index (χ2n) is 6.10. The molecule has 2 aromatic carbocycles. The Morgan fingerprint density at radius 3 is 2.70 bits per heavy atom. The summed E-state index contributed by atoms with van der Waals surface area (Å²) < 4.78 is 15.2. The van der Waals surface area contributed by atoms with E-state index in [0.29, 0.717) is 16.6 Å². The monoisotopic (exact) mass is 408 g/mol. The van der Waals surface area contributed by atoms with E-state index in [1.807, 2.05) is 6.07 Å². The Balaban J connectivity index is 1.83. The molecule has 3 aromatic rings. The van der Waals surface area contributed by atoms with Crippen LogP contribution < -0.4 is 10.9 Å². The molecule has 0 aliphatic carbocycles. The molecule has 1 amide bonds. The Hall–Kier alpha value is -4.32. The summed E-state index contributed by atoms with van der Waals surface area (Å²) in [6, 6.07) is 11.3. The number of nitrogens with zero attached hydrogens (tertiary/aromatic N) is 1. The minimum absolute atomic E-state index is 0.000237. The Bertz CT molecular complexity index is 1220. The fourth-order valence-corrected chi connectivity index (χ4v) is 2.73. The maximum atomic E-state index is 12.3. The van der Waals surface area contributed by atoms with Gasteiger partial charge in [0.1, 0.15) is 17.9 Å². The van der Waals surface area contributed by atoms with Crippen LogP contribution in [0.25, 0.3) is 11.0 Å². The van der Waals surface area contributed by atoms with Gasteiger partial charge in [0.05, 0.1) is 23.8 Å². The van der Waals surface area contributed by atoms with Crippen LogP contribution in [0.3, 0.4) is 0 Å².